The van der Waals surface area contributed by atoms with E-state index in [9.17, 15) is 9.59 Å². The Morgan fingerprint density at radius 2 is 2.10 bits per heavy atom. The molecule has 6 heteroatoms. The fourth-order valence-electron chi connectivity index (χ4n) is 2.78. The summed E-state index contributed by atoms with van der Waals surface area (Å²) in [5, 5.41) is 2.78. The van der Waals surface area contributed by atoms with Gasteiger partial charge in [-0.05, 0) is 26.2 Å². The van der Waals surface area contributed by atoms with Gasteiger partial charge in [-0.1, -0.05) is 13.3 Å². The highest BCUT2D eigenvalue weighted by atomic mass is 16.2. The van der Waals surface area contributed by atoms with Crippen LogP contribution in [0, 0.1) is 0 Å². The Morgan fingerprint density at radius 1 is 1.38 bits per heavy atom. The van der Waals surface area contributed by atoms with Crippen LogP contribution in [0.3, 0.4) is 0 Å². The van der Waals surface area contributed by atoms with E-state index in [1.165, 1.54) is 11.3 Å². The van der Waals surface area contributed by atoms with Crippen molar-refractivity contribution < 1.29 is 9.59 Å². The lowest BCUT2D eigenvalue weighted by Crippen LogP contribution is -2.53. The van der Waals surface area contributed by atoms with Gasteiger partial charge in [0.1, 0.15) is 0 Å². The molecule has 1 saturated heterocycles. The second-order valence-corrected chi connectivity index (χ2v) is 5.94. The molecule has 0 bridgehead atoms. The second-order valence-electron chi connectivity index (χ2n) is 5.94. The maximum Gasteiger partial charge on any atom is 0.239 e. The van der Waals surface area contributed by atoms with Crippen molar-refractivity contribution in [3.8, 4) is 0 Å². The molecule has 1 aliphatic heterocycles. The summed E-state index contributed by atoms with van der Waals surface area (Å²) in [5.41, 5.74) is 5.81. The van der Waals surface area contributed by atoms with Crippen molar-refractivity contribution in [2.75, 3.05) is 33.2 Å². The summed E-state index contributed by atoms with van der Waals surface area (Å²) in [4.78, 5) is 27.6. The molecule has 0 aromatic carbocycles. The van der Waals surface area contributed by atoms with Gasteiger partial charge >= 0.3 is 0 Å². The van der Waals surface area contributed by atoms with Crippen LogP contribution in [0.5, 0.6) is 0 Å². The zero-order valence-electron chi connectivity index (χ0n) is 13.6. The Balaban J connectivity index is 2.48. The third-order valence-corrected chi connectivity index (χ3v) is 4.16. The number of likely N-dealkylation sites (N-methyl/N-ethyl adjacent to an activating group) is 1. The molecule has 122 valence electrons. The van der Waals surface area contributed by atoms with Crippen LogP contribution in [0.25, 0.3) is 0 Å². The van der Waals surface area contributed by atoms with E-state index in [4.69, 9.17) is 5.73 Å². The lowest BCUT2D eigenvalue weighted by molar-refractivity contribution is -0.136. The van der Waals surface area contributed by atoms with E-state index in [1.54, 1.807) is 7.05 Å². The summed E-state index contributed by atoms with van der Waals surface area (Å²) in [7, 11) is 1.68. The van der Waals surface area contributed by atoms with E-state index < -0.39 is 0 Å². The van der Waals surface area contributed by atoms with Gasteiger partial charge in [-0.15, -0.1) is 0 Å². The van der Waals surface area contributed by atoms with Gasteiger partial charge in [0, 0.05) is 32.2 Å². The van der Waals surface area contributed by atoms with E-state index in [2.05, 4.69) is 17.1 Å². The number of rotatable bonds is 7. The van der Waals surface area contributed by atoms with Crippen LogP contribution >= 0.6 is 0 Å². The number of piperidine rings is 1. The van der Waals surface area contributed by atoms with Crippen molar-refractivity contribution in [1.82, 2.24) is 15.1 Å². The third kappa shape index (κ3) is 5.63. The second kappa shape index (κ2) is 9.00. The number of amides is 2. The van der Waals surface area contributed by atoms with Crippen molar-refractivity contribution in [2.24, 2.45) is 5.73 Å². The molecular weight excluding hydrogens is 268 g/mol. The average molecular weight is 298 g/mol. The minimum atomic E-state index is -0.102. The molecule has 0 radical (unpaired) electrons. The normalized spacial score (nSPS) is 22.9. The maximum absolute atomic E-state index is 12.3. The smallest absolute Gasteiger partial charge is 0.239 e. The number of nitrogens with one attached hydrogen (secondary N) is 1. The van der Waals surface area contributed by atoms with Crippen LogP contribution in [0.2, 0.25) is 0 Å². The number of nitrogens with two attached hydrogens (primary N) is 1. The van der Waals surface area contributed by atoms with Gasteiger partial charge in [0.25, 0.3) is 0 Å². The molecule has 1 fully saturated rings. The van der Waals surface area contributed by atoms with Gasteiger partial charge in [-0.25, -0.2) is 0 Å². The highest BCUT2D eigenvalue weighted by Crippen LogP contribution is 2.21. The fraction of sp³-hybridized carbons (Fsp3) is 0.867. The largest absolute Gasteiger partial charge is 0.355 e. The highest BCUT2D eigenvalue weighted by molar-refractivity contribution is 5.85. The molecule has 0 aromatic heterocycles. The van der Waals surface area contributed by atoms with E-state index in [0.717, 1.165) is 19.3 Å². The molecule has 0 saturated carbocycles. The zero-order chi connectivity index (χ0) is 15.8. The Kier molecular flexibility index (Phi) is 7.67. The van der Waals surface area contributed by atoms with Gasteiger partial charge in [0.15, 0.2) is 0 Å². The monoisotopic (exact) mass is 298 g/mol. The van der Waals surface area contributed by atoms with Gasteiger partial charge < -0.3 is 16.0 Å². The van der Waals surface area contributed by atoms with Gasteiger partial charge in [-0.2, -0.15) is 0 Å². The maximum atomic E-state index is 12.3. The fourth-order valence-corrected chi connectivity index (χ4v) is 2.78. The minimum absolute atomic E-state index is 0.0196. The molecule has 0 aromatic rings. The summed E-state index contributed by atoms with van der Waals surface area (Å²) >= 11 is 0. The van der Waals surface area contributed by atoms with Crippen LogP contribution in [0.4, 0.5) is 0 Å². The zero-order valence-corrected chi connectivity index (χ0v) is 13.6. The summed E-state index contributed by atoms with van der Waals surface area (Å²) in [6, 6.07) is 0.651. The topological polar surface area (TPSA) is 78.7 Å². The molecule has 0 aliphatic carbocycles. The number of carbonyl (C=O) groups is 2. The Labute approximate surface area is 128 Å². The van der Waals surface area contributed by atoms with Crippen molar-refractivity contribution in [3.05, 3.63) is 0 Å². The van der Waals surface area contributed by atoms with Crippen LogP contribution in [-0.2, 0) is 9.59 Å². The first-order valence-electron chi connectivity index (χ1n) is 7.96. The SMILES string of the molecule is CCCNC(=O)CN(C)C(=O)CN1C(C)CCCC1CN. The first-order valence-corrected chi connectivity index (χ1v) is 7.96. The number of hydrogen-bond acceptors (Lipinski definition) is 4. The minimum Gasteiger partial charge on any atom is -0.355 e. The molecule has 1 rings (SSSR count). The molecule has 21 heavy (non-hydrogen) atoms. The van der Waals surface area contributed by atoms with Crippen molar-refractivity contribution in [3.63, 3.8) is 0 Å². The molecular formula is C15H30N4O2. The summed E-state index contributed by atoms with van der Waals surface area (Å²) < 4.78 is 0. The molecule has 1 heterocycles. The van der Waals surface area contributed by atoms with Gasteiger partial charge in [-0.3, -0.25) is 14.5 Å². The first-order chi connectivity index (χ1) is 9.99. The Bertz CT molecular complexity index is 349. The molecule has 3 N–H and O–H groups in total. The first kappa shape index (κ1) is 17.9. The van der Waals surface area contributed by atoms with Crippen molar-refractivity contribution in [1.29, 1.82) is 0 Å². The number of hydrogen-bond donors (Lipinski definition) is 2. The lowest BCUT2D eigenvalue weighted by atomic mass is 9.96. The van der Waals surface area contributed by atoms with Gasteiger partial charge in [0.05, 0.1) is 13.1 Å². The summed E-state index contributed by atoms with van der Waals surface area (Å²) in [5.74, 6) is -0.122. The van der Waals surface area contributed by atoms with Crippen molar-refractivity contribution >= 4 is 11.8 Å². The third-order valence-electron chi connectivity index (χ3n) is 4.16. The van der Waals surface area contributed by atoms with Crippen molar-refractivity contribution in [2.45, 2.75) is 51.6 Å². The van der Waals surface area contributed by atoms with E-state index >= 15 is 0 Å². The van der Waals surface area contributed by atoms with E-state index in [0.29, 0.717) is 25.7 Å². The summed E-state index contributed by atoms with van der Waals surface area (Å²) in [6.45, 7) is 5.84. The Hall–Kier alpha value is -1.14. The molecule has 2 amide bonds. The van der Waals surface area contributed by atoms with Crippen LogP contribution in [0.1, 0.15) is 39.5 Å². The lowest BCUT2D eigenvalue weighted by Gasteiger charge is -2.40. The van der Waals surface area contributed by atoms with Crippen LogP contribution in [0.15, 0.2) is 0 Å². The standard InChI is InChI=1S/C15H30N4O2/c1-4-8-17-14(20)10-18(3)15(21)11-19-12(2)6-5-7-13(19)9-16/h12-13H,4-11,16H2,1-3H3,(H,17,20). The quantitative estimate of drug-likeness (QED) is 0.702. The van der Waals surface area contributed by atoms with E-state index in [-0.39, 0.29) is 24.4 Å². The predicted octanol–water partition coefficient (Wildman–Crippen LogP) is 0.173. The van der Waals surface area contributed by atoms with Crippen LogP contribution < -0.4 is 11.1 Å². The van der Waals surface area contributed by atoms with E-state index in [1.807, 2.05) is 6.92 Å². The number of nitrogens with zero attached hydrogens (tertiary/aromatic N) is 2. The molecule has 0 spiro atoms. The highest BCUT2D eigenvalue weighted by Gasteiger charge is 2.29. The summed E-state index contributed by atoms with van der Waals surface area (Å²) in [6.07, 6.45) is 4.22. The average Bonchev–Trinajstić information content (AvgIpc) is 2.46. The molecule has 2 unspecified atom stereocenters. The number of carbonyl (C=O) groups excluding carboxylic acids is 2. The predicted molar refractivity (Wildman–Crippen MR) is 83.8 cm³/mol. The molecule has 6 nitrogen and oxygen atoms in total. The van der Waals surface area contributed by atoms with Crippen LogP contribution in [-0.4, -0.2) is 66.9 Å². The number of likely N-dealkylation sites (tertiary alicyclic amines) is 1. The molecule has 1 aliphatic rings. The Morgan fingerprint density at radius 3 is 2.71 bits per heavy atom. The molecule has 2 atom stereocenters. The van der Waals surface area contributed by atoms with Gasteiger partial charge in [0.2, 0.25) is 11.8 Å².